The Morgan fingerprint density at radius 1 is 1.03 bits per heavy atom. The second-order valence-electron chi connectivity index (χ2n) is 9.13. The van der Waals surface area contributed by atoms with E-state index in [4.69, 9.17) is 18.6 Å². The number of fused-ring (bicyclic) bond motifs is 1. The van der Waals surface area contributed by atoms with E-state index in [2.05, 4.69) is 17.4 Å². The van der Waals surface area contributed by atoms with Crippen molar-refractivity contribution in [2.45, 2.75) is 50.5 Å². The highest BCUT2D eigenvalue weighted by atomic mass is 16.5. The molecule has 1 amide bonds. The van der Waals surface area contributed by atoms with Gasteiger partial charge in [0.05, 0.1) is 26.6 Å². The van der Waals surface area contributed by atoms with Crippen LogP contribution in [0.15, 0.2) is 47.1 Å². The predicted octanol–water partition coefficient (Wildman–Crippen LogP) is 5.23. The normalized spacial score (nSPS) is 21.2. The van der Waals surface area contributed by atoms with Gasteiger partial charge in [0.25, 0.3) is 0 Å². The van der Waals surface area contributed by atoms with Gasteiger partial charge in [-0.25, -0.2) is 0 Å². The van der Waals surface area contributed by atoms with Crippen molar-refractivity contribution < 1.29 is 23.4 Å². The van der Waals surface area contributed by atoms with E-state index in [-0.39, 0.29) is 23.8 Å². The fourth-order valence-corrected chi connectivity index (χ4v) is 5.16. The number of furan rings is 1. The van der Waals surface area contributed by atoms with E-state index in [0.29, 0.717) is 13.0 Å². The average molecular weight is 450 g/mol. The predicted molar refractivity (Wildman–Crippen MR) is 126 cm³/mol. The number of methoxy groups -OCH3 is 2. The second-order valence-corrected chi connectivity index (χ2v) is 9.13. The topological polar surface area (TPSA) is 69.9 Å². The number of ether oxygens (including phenoxy) is 3. The monoisotopic (exact) mass is 449 g/mol. The fourth-order valence-electron chi connectivity index (χ4n) is 5.16. The maximum Gasteiger partial charge on any atom is 0.223 e. The third kappa shape index (κ3) is 4.52. The Balaban J connectivity index is 1.34. The van der Waals surface area contributed by atoms with Gasteiger partial charge in [0.15, 0.2) is 11.5 Å². The van der Waals surface area contributed by atoms with Crippen molar-refractivity contribution >= 4 is 16.7 Å². The van der Waals surface area contributed by atoms with Gasteiger partial charge in [-0.05, 0) is 68.0 Å². The summed E-state index contributed by atoms with van der Waals surface area (Å²) in [7, 11) is 3.33. The lowest BCUT2D eigenvalue weighted by Crippen LogP contribution is -2.41. The number of hydrogen-bond acceptors (Lipinski definition) is 5. The lowest BCUT2D eigenvalue weighted by Gasteiger charge is -2.29. The van der Waals surface area contributed by atoms with Crippen LogP contribution >= 0.6 is 0 Å². The zero-order valence-corrected chi connectivity index (χ0v) is 19.3. The van der Waals surface area contributed by atoms with Crippen LogP contribution in [0.25, 0.3) is 10.8 Å². The molecule has 1 saturated heterocycles. The van der Waals surface area contributed by atoms with Crippen molar-refractivity contribution in [3.8, 4) is 17.2 Å². The summed E-state index contributed by atoms with van der Waals surface area (Å²) in [6.45, 7) is 0.626. The van der Waals surface area contributed by atoms with Gasteiger partial charge in [-0.15, -0.1) is 0 Å². The molecule has 6 heteroatoms. The Morgan fingerprint density at radius 3 is 2.67 bits per heavy atom. The van der Waals surface area contributed by atoms with Gasteiger partial charge < -0.3 is 23.9 Å². The molecule has 6 nitrogen and oxygen atoms in total. The van der Waals surface area contributed by atoms with Gasteiger partial charge in [-0.3, -0.25) is 4.79 Å². The molecule has 2 atom stereocenters. The molecule has 1 saturated carbocycles. The summed E-state index contributed by atoms with van der Waals surface area (Å²) in [4.78, 5) is 12.7. The molecule has 0 bridgehead atoms. The van der Waals surface area contributed by atoms with Crippen molar-refractivity contribution in [3.63, 3.8) is 0 Å². The summed E-state index contributed by atoms with van der Waals surface area (Å²) in [5.74, 6) is 3.35. The minimum Gasteiger partial charge on any atom is -0.497 e. The van der Waals surface area contributed by atoms with E-state index in [1.807, 2.05) is 24.3 Å². The van der Waals surface area contributed by atoms with Crippen LogP contribution in [0, 0.1) is 5.92 Å². The van der Waals surface area contributed by atoms with Crippen LogP contribution in [0.2, 0.25) is 0 Å². The first-order valence-electron chi connectivity index (χ1n) is 11.8. The molecule has 2 heterocycles. The van der Waals surface area contributed by atoms with E-state index < -0.39 is 0 Å². The van der Waals surface area contributed by atoms with Crippen molar-refractivity contribution in [2.24, 2.45) is 5.92 Å². The van der Waals surface area contributed by atoms with E-state index in [0.717, 1.165) is 53.0 Å². The van der Waals surface area contributed by atoms with Crippen LogP contribution in [-0.4, -0.2) is 32.8 Å². The quantitative estimate of drug-likeness (QED) is 0.535. The number of hydrogen-bond donors (Lipinski definition) is 1. The highest BCUT2D eigenvalue weighted by molar-refractivity contribution is 5.86. The maximum absolute atomic E-state index is 12.7. The minimum absolute atomic E-state index is 0.0836. The molecular formula is C27H31NO5. The molecule has 1 aromatic heterocycles. The van der Waals surface area contributed by atoms with Crippen molar-refractivity contribution in [3.05, 3.63) is 54.0 Å². The molecule has 1 aliphatic carbocycles. The van der Waals surface area contributed by atoms with Gasteiger partial charge >= 0.3 is 0 Å². The van der Waals surface area contributed by atoms with Crippen molar-refractivity contribution in [2.75, 3.05) is 20.8 Å². The number of amides is 1. The second kappa shape index (κ2) is 9.38. The Morgan fingerprint density at radius 2 is 1.88 bits per heavy atom. The molecule has 3 aromatic rings. The summed E-state index contributed by atoms with van der Waals surface area (Å²) in [5.41, 5.74) is 1.17. The largest absolute Gasteiger partial charge is 0.497 e. The zero-order chi connectivity index (χ0) is 22.8. The van der Waals surface area contributed by atoms with Crippen LogP contribution < -0.4 is 19.5 Å². The number of nitrogens with one attached hydrogen (secondary N) is 1. The van der Waals surface area contributed by atoms with Gasteiger partial charge in [-0.2, -0.15) is 0 Å². The van der Waals surface area contributed by atoms with E-state index >= 15 is 0 Å². The van der Waals surface area contributed by atoms with E-state index in [1.54, 1.807) is 20.5 Å². The SMILES string of the molecule is COc1ccc2c(C[C@H]3C[C@@H](c4ccc(OC)c(OC5CCCC5)c4)CNC3=O)occ2c1. The Labute approximate surface area is 194 Å². The minimum atomic E-state index is -0.151. The molecule has 0 spiro atoms. The number of carbonyl (C=O) groups excluding carboxylic acids is 1. The molecule has 0 unspecified atom stereocenters. The Kier molecular flexibility index (Phi) is 6.16. The van der Waals surface area contributed by atoms with Crippen molar-refractivity contribution in [1.29, 1.82) is 0 Å². The molecule has 174 valence electrons. The first kappa shape index (κ1) is 21.7. The molecule has 1 N–H and O–H groups in total. The summed E-state index contributed by atoms with van der Waals surface area (Å²) in [6.07, 6.45) is 7.96. The van der Waals surface area contributed by atoms with Gasteiger partial charge in [0.2, 0.25) is 5.91 Å². The fraction of sp³-hybridized carbons (Fsp3) is 0.444. The summed E-state index contributed by atoms with van der Waals surface area (Å²) in [5, 5.41) is 5.12. The Bertz CT molecular complexity index is 1130. The first-order valence-corrected chi connectivity index (χ1v) is 11.8. The van der Waals surface area contributed by atoms with Crippen LogP contribution in [0.1, 0.15) is 49.3 Å². The highest BCUT2D eigenvalue weighted by Gasteiger charge is 2.31. The summed E-state index contributed by atoms with van der Waals surface area (Å²) >= 11 is 0. The lowest BCUT2D eigenvalue weighted by molar-refractivity contribution is -0.127. The summed E-state index contributed by atoms with van der Waals surface area (Å²) in [6, 6.07) is 12.1. The molecule has 2 fully saturated rings. The van der Waals surface area contributed by atoms with Crippen LogP contribution in [0.3, 0.4) is 0 Å². The molecule has 0 radical (unpaired) electrons. The van der Waals surface area contributed by atoms with Gasteiger partial charge in [0, 0.05) is 35.6 Å². The van der Waals surface area contributed by atoms with Crippen LogP contribution in [0.5, 0.6) is 17.2 Å². The molecule has 2 aromatic carbocycles. The van der Waals surface area contributed by atoms with Gasteiger partial charge in [0.1, 0.15) is 11.5 Å². The van der Waals surface area contributed by atoms with Crippen LogP contribution in [0.4, 0.5) is 0 Å². The molecule has 33 heavy (non-hydrogen) atoms. The Hall–Kier alpha value is -3.15. The lowest BCUT2D eigenvalue weighted by atomic mass is 9.82. The zero-order valence-electron chi connectivity index (χ0n) is 19.3. The number of piperidine rings is 1. The summed E-state index contributed by atoms with van der Waals surface area (Å²) < 4.78 is 23.0. The maximum atomic E-state index is 12.7. The van der Waals surface area contributed by atoms with Crippen molar-refractivity contribution in [1.82, 2.24) is 5.32 Å². The third-order valence-corrected chi connectivity index (χ3v) is 7.04. The highest BCUT2D eigenvalue weighted by Crippen LogP contribution is 2.37. The van der Waals surface area contributed by atoms with E-state index in [9.17, 15) is 4.79 Å². The molecule has 2 aliphatic rings. The van der Waals surface area contributed by atoms with Crippen LogP contribution in [-0.2, 0) is 11.2 Å². The van der Waals surface area contributed by atoms with E-state index in [1.165, 1.54) is 18.4 Å². The standard InChI is InChI=1S/C27H31NO5/c1-30-22-8-9-23-20(12-22)16-32-25(23)14-18-11-19(15-28-27(18)29)17-7-10-24(31-2)26(13-17)33-21-5-3-4-6-21/h7-10,12-13,16,18-19,21H,3-6,11,14-15H2,1-2H3,(H,28,29)/t18-,19-/m1/s1. The number of benzene rings is 2. The number of carbonyl (C=O) groups is 1. The first-order chi connectivity index (χ1) is 16.1. The molecular weight excluding hydrogens is 418 g/mol. The molecule has 1 aliphatic heterocycles. The third-order valence-electron chi connectivity index (χ3n) is 7.04. The molecule has 5 rings (SSSR count). The van der Waals surface area contributed by atoms with Gasteiger partial charge in [-0.1, -0.05) is 6.07 Å². The smallest absolute Gasteiger partial charge is 0.223 e. The average Bonchev–Trinajstić information content (AvgIpc) is 3.50. The number of rotatable bonds is 7.